The van der Waals surface area contributed by atoms with Crippen LogP contribution in [0.1, 0.15) is 32.4 Å². The average molecular weight is 298 g/mol. The standard InChI is InChI=1S/C15H20F2N2O2/c1-15(2,3)14(20)21-19-8-7-18-12(9-19)10-5-4-6-11(16)13(10)17/h4-6,12,18H,7-9H2,1-3H3. The van der Waals surface area contributed by atoms with E-state index in [-0.39, 0.29) is 18.1 Å². The van der Waals surface area contributed by atoms with Crippen molar-refractivity contribution in [3.8, 4) is 0 Å². The number of piperazine rings is 1. The van der Waals surface area contributed by atoms with Crippen molar-refractivity contribution >= 4 is 5.97 Å². The zero-order valence-corrected chi connectivity index (χ0v) is 12.5. The van der Waals surface area contributed by atoms with Crippen LogP contribution in [0, 0.1) is 17.0 Å². The Balaban J connectivity index is 2.07. The van der Waals surface area contributed by atoms with E-state index < -0.39 is 23.1 Å². The Bertz CT molecular complexity index is 529. The van der Waals surface area contributed by atoms with Crippen LogP contribution in [-0.2, 0) is 9.63 Å². The zero-order chi connectivity index (χ0) is 15.6. The van der Waals surface area contributed by atoms with Crippen molar-refractivity contribution in [1.82, 2.24) is 10.4 Å². The molecule has 116 valence electrons. The molecule has 1 aliphatic heterocycles. The molecule has 2 rings (SSSR count). The SMILES string of the molecule is CC(C)(C)C(=O)ON1CCNC(c2cccc(F)c2F)C1. The van der Waals surface area contributed by atoms with Crippen molar-refractivity contribution < 1.29 is 18.4 Å². The molecule has 0 aliphatic carbocycles. The largest absolute Gasteiger partial charge is 0.367 e. The summed E-state index contributed by atoms with van der Waals surface area (Å²) in [5.41, 5.74) is -0.365. The minimum atomic E-state index is -0.877. The first-order chi connectivity index (χ1) is 9.79. The van der Waals surface area contributed by atoms with Crippen LogP contribution in [0.5, 0.6) is 0 Å². The van der Waals surface area contributed by atoms with Gasteiger partial charge in [0.2, 0.25) is 0 Å². The van der Waals surface area contributed by atoms with Gasteiger partial charge in [-0.05, 0) is 26.8 Å². The molecule has 1 unspecified atom stereocenters. The van der Waals surface area contributed by atoms with Gasteiger partial charge in [-0.25, -0.2) is 13.6 Å². The van der Waals surface area contributed by atoms with E-state index in [2.05, 4.69) is 5.32 Å². The van der Waals surface area contributed by atoms with Crippen molar-refractivity contribution in [1.29, 1.82) is 0 Å². The number of halogens is 2. The van der Waals surface area contributed by atoms with Crippen LogP contribution < -0.4 is 5.32 Å². The molecule has 0 amide bonds. The Hall–Kier alpha value is -1.53. The summed E-state index contributed by atoms with van der Waals surface area (Å²) in [5.74, 6) is -2.08. The Labute approximate surface area is 123 Å². The predicted octanol–water partition coefficient (Wildman–Crippen LogP) is 2.42. The molecule has 0 radical (unpaired) electrons. The molecule has 6 heteroatoms. The molecule has 1 saturated heterocycles. The monoisotopic (exact) mass is 298 g/mol. The first kappa shape index (κ1) is 15.9. The molecular formula is C15H20F2N2O2. The smallest absolute Gasteiger partial charge is 0.330 e. The third kappa shape index (κ3) is 3.77. The molecule has 0 aromatic heterocycles. The van der Waals surface area contributed by atoms with Crippen LogP contribution in [0.4, 0.5) is 8.78 Å². The van der Waals surface area contributed by atoms with Crippen molar-refractivity contribution in [2.24, 2.45) is 5.41 Å². The fraction of sp³-hybridized carbons (Fsp3) is 0.533. The average Bonchev–Trinajstić information content (AvgIpc) is 2.41. The van der Waals surface area contributed by atoms with Gasteiger partial charge in [-0.2, -0.15) is 0 Å². The molecule has 1 aliphatic rings. The van der Waals surface area contributed by atoms with E-state index in [9.17, 15) is 13.6 Å². The highest BCUT2D eigenvalue weighted by Crippen LogP contribution is 2.23. The number of carbonyl (C=O) groups excluding carboxylic acids is 1. The number of benzene rings is 1. The van der Waals surface area contributed by atoms with E-state index in [1.54, 1.807) is 20.8 Å². The van der Waals surface area contributed by atoms with Crippen LogP contribution in [-0.4, -0.2) is 30.7 Å². The van der Waals surface area contributed by atoms with Crippen molar-refractivity contribution in [3.63, 3.8) is 0 Å². The molecule has 1 aromatic rings. The quantitative estimate of drug-likeness (QED) is 0.910. The van der Waals surface area contributed by atoms with Crippen LogP contribution in [0.2, 0.25) is 0 Å². The molecule has 21 heavy (non-hydrogen) atoms. The second-order valence-electron chi connectivity index (χ2n) is 6.17. The minimum absolute atomic E-state index is 0.242. The van der Waals surface area contributed by atoms with Crippen molar-refractivity contribution in [2.45, 2.75) is 26.8 Å². The van der Waals surface area contributed by atoms with Crippen molar-refractivity contribution in [2.75, 3.05) is 19.6 Å². The topological polar surface area (TPSA) is 41.6 Å². The van der Waals surface area contributed by atoms with Crippen molar-refractivity contribution in [3.05, 3.63) is 35.4 Å². The fourth-order valence-electron chi connectivity index (χ4n) is 2.06. The van der Waals surface area contributed by atoms with Crippen LogP contribution >= 0.6 is 0 Å². The van der Waals surface area contributed by atoms with E-state index in [1.807, 2.05) is 0 Å². The second kappa shape index (κ2) is 6.07. The van der Waals surface area contributed by atoms with Gasteiger partial charge in [-0.15, -0.1) is 5.06 Å². The number of rotatable bonds is 2. The molecule has 1 atom stereocenters. The summed E-state index contributed by atoms with van der Waals surface area (Å²) in [7, 11) is 0. The maximum Gasteiger partial charge on any atom is 0.330 e. The van der Waals surface area contributed by atoms with E-state index in [4.69, 9.17) is 4.84 Å². The predicted molar refractivity (Wildman–Crippen MR) is 74.2 cm³/mol. The van der Waals surface area contributed by atoms with Gasteiger partial charge < -0.3 is 10.2 Å². The van der Waals surface area contributed by atoms with E-state index in [0.717, 1.165) is 6.07 Å². The molecule has 0 saturated carbocycles. The Morgan fingerprint density at radius 3 is 2.76 bits per heavy atom. The van der Waals surface area contributed by atoms with Gasteiger partial charge in [0.05, 0.1) is 18.0 Å². The Kier molecular flexibility index (Phi) is 4.58. The van der Waals surface area contributed by atoms with Gasteiger partial charge in [0.25, 0.3) is 0 Å². The lowest BCUT2D eigenvalue weighted by molar-refractivity contribution is -0.205. The normalized spacial score (nSPS) is 20.3. The lowest BCUT2D eigenvalue weighted by Crippen LogP contribution is -2.47. The van der Waals surface area contributed by atoms with E-state index >= 15 is 0 Å². The maximum absolute atomic E-state index is 13.8. The molecule has 0 spiro atoms. The third-order valence-electron chi connectivity index (χ3n) is 3.32. The fourth-order valence-corrected chi connectivity index (χ4v) is 2.06. The van der Waals surface area contributed by atoms with Crippen LogP contribution in [0.3, 0.4) is 0 Å². The summed E-state index contributed by atoms with van der Waals surface area (Å²) >= 11 is 0. The summed E-state index contributed by atoms with van der Waals surface area (Å²) in [4.78, 5) is 17.2. The zero-order valence-electron chi connectivity index (χ0n) is 12.5. The minimum Gasteiger partial charge on any atom is -0.367 e. The van der Waals surface area contributed by atoms with E-state index in [1.165, 1.54) is 17.2 Å². The molecule has 1 heterocycles. The van der Waals surface area contributed by atoms with Crippen LogP contribution in [0.25, 0.3) is 0 Å². The molecule has 4 nitrogen and oxygen atoms in total. The molecule has 1 N–H and O–H groups in total. The maximum atomic E-state index is 13.8. The van der Waals surface area contributed by atoms with Gasteiger partial charge in [0.1, 0.15) is 0 Å². The highest BCUT2D eigenvalue weighted by Gasteiger charge is 2.30. The summed E-state index contributed by atoms with van der Waals surface area (Å²) < 4.78 is 27.1. The third-order valence-corrected chi connectivity index (χ3v) is 3.32. The number of nitrogens with zero attached hydrogens (tertiary/aromatic N) is 1. The number of nitrogens with one attached hydrogen (secondary N) is 1. The molecule has 1 fully saturated rings. The van der Waals surface area contributed by atoms with Gasteiger partial charge in [-0.1, -0.05) is 12.1 Å². The van der Waals surface area contributed by atoms with Gasteiger partial charge in [-0.3, -0.25) is 0 Å². The second-order valence-corrected chi connectivity index (χ2v) is 6.17. The van der Waals surface area contributed by atoms with Gasteiger partial charge in [0, 0.05) is 18.7 Å². The summed E-state index contributed by atoms with van der Waals surface area (Å²) in [5, 5.41) is 4.60. The molecular weight excluding hydrogens is 278 g/mol. The summed E-state index contributed by atoms with van der Waals surface area (Å²) in [6.07, 6.45) is 0. The molecule has 1 aromatic carbocycles. The van der Waals surface area contributed by atoms with Crippen LogP contribution in [0.15, 0.2) is 18.2 Å². The Morgan fingerprint density at radius 1 is 1.38 bits per heavy atom. The highest BCUT2D eigenvalue weighted by molar-refractivity contribution is 5.75. The lowest BCUT2D eigenvalue weighted by atomic mass is 9.98. The van der Waals surface area contributed by atoms with Gasteiger partial charge in [0.15, 0.2) is 11.6 Å². The number of hydrogen-bond donors (Lipinski definition) is 1. The highest BCUT2D eigenvalue weighted by atomic mass is 19.2. The van der Waals surface area contributed by atoms with Gasteiger partial charge >= 0.3 is 5.97 Å². The summed E-state index contributed by atoms with van der Waals surface area (Å²) in [6.45, 7) is 6.61. The molecule has 0 bridgehead atoms. The number of hydroxylamine groups is 2. The Morgan fingerprint density at radius 2 is 2.10 bits per heavy atom. The van der Waals surface area contributed by atoms with E-state index in [0.29, 0.717) is 13.1 Å². The first-order valence-corrected chi connectivity index (χ1v) is 6.93. The lowest BCUT2D eigenvalue weighted by Gasteiger charge is -2.33. The summed E-state index contributed by atoms with van der Waals surface area (Å²) in [6, 6.07) is 3.67. The number of carbonyl (C=O) groups is 1. The number of hydrogen-bond acceptors (Lipinski definition) is 4. The first-order valence-electron chi connectivity index (χ1n) is 6.93.